The van der Waals surface area contributed by atoms with Crippen LogP contribution in [-0.2, 0) is 4.74 Å². The van der Waals surface area contributed by atoms with Crippen LogP contribution in [0.1, 0.15) is 26.2 Å². The summed E-state index contributed by atoms with van der Waals surface area (Å²) < 4.78 is 5.37. The molecule has 2 aliphatic rings. The quantitative estimate of drug-likeness (QED) is 0.635. The molecule has 0 radical (unpaired) electrons. The van der Waals surface area contributed by atoms with Gasteiger partial charge in [0.15, 0.2) is 0 Å². The molecule has 3 heteroatoms. The predicted octanol–water partition coefficient (Wildman–Crippen LogP) is 0.696. The lowest BCUT2D eigenvalue weighted by atomic mass is 9.81. The molecule has 0 aliphatic carbocycles. The van der Waals surface area contributed by atoms with Crippen molar-refractivity contribution in [2.24, 2.45) is 17.6 Å². The average Bonchev–Trinajstić information content (AvgIpc) is 2.84. The van der Waals surface area contributed by atoms with Crippen molar-refractivity contribution in [3.05, 3.63) is 0 Å². The molecule has 13 heavy (non-hydrogen) atoms. The second-order valence-corrected chi connectivity index (χ2v) is 4.27. The summed E-state index contributed by atoms with van der Waals surface area (Å²) in [7, 11) is 0. The lowest BCUT2D eigenvalue weighted by Gasteiger charge is -2.31. The third kappa shape index (κ3) is 2.03. The lowest BCUT2D eigenvalue weighted by molar-refractivity contribution is 0.189. The highest BCUT2D eigenvalue weighted by molar-refractivity contribution is 4.93. The second kappa shape index (κ2) is 3.95. The molecule has 0 bridgehead atoms. The van der Waals surface area contributed by atoms with Gasteiger partial charge in [-0.25, -0.2) is 0 Å². The van der Waals surface area contributed by atoms with Gasteiger partial charge in [-0.1, -0.05) is 19.8 Å². The van der Waals surface area contributed by atoms with Crippen LogP contribution in [0.3, 0.4) is 0 Å². The van der Waals surface area contributed by atoms with E-state index in [2.05, 4.69) is 12.2 Å². The zero-order chi connectivity index (χ0) is 9.26. The van der Waals surface area contributed by atoms with Crippen LogP contribution in [0.4, 0.5) is 0 Å². The molecule has 4 atom stereocenters. The van der Waals surface area contributed by atoms with Crippen LogP contribution in [0, 0.1) is 11.8 Å². The van der Waals surface area contributed by atoms with E-state index in [9.17, 15) is 0 Å². The Morgan fingerprint density at radius 2 is 2.31 bits per heavy atom. The Bertz CT molecular complexity index is 172. The summed E-state index contributed by atoms with van der Waals surface area (Å²) in [5.74, 6) is 1.51. The highest BCUT2D eigenvalue weighted by Gasteiger charge is 2.45. The van der Waals surface area contributed by atoms with Crippen molar-refractivity contribution in [3.8, 4) is 0 Å². The van der Waals surface area contributed by atoms with Crippen molar-refractivity contribution >= 4 is 0 Å². The van der Waals surface area contributed by atoms with E-state index in [0.29, 0.717) is 12.0 Å². The van der Waals surface area contributed by atoms with Gasteiger partial charge in [-0.15, -0.1) is 0 Å². The second-order valence-electron chi connectivity index (χ2n) is 4.27. The van der Waals surface area contributed by atoms with E-state index in [0.717, 1.165) is 12.5 Å². The van der Waals surface area contributed by atoms with Crippen molar-refractivity contribution in [2.45, 2.75) is 38.5 Å². The van der Waals surface area contributed by atoms with E-state index >= 15 is 0 Å². The molecule has 2 saturated heterocycles. The molecule has 4 unspecified atom stereocenters. The van der Waals surface area contributed by atoms with Crippen molar-refractivity contribution in [2.75, 3.05) is 13.1 Å². The maximum absolute atomic E-state index is 5.71. The summed E-state index contributed by atoms with van der Waals surface area (Å²) in [6.45, 7) is 4.53. The molecule has 0 aromatic heterocycles. The first-order valence-electron chi connectivity index (χ1n) is 5.44. The minimum Gasteiger partial charge on any atom is -0.353 e. The molecule has 0 aromatic carbocycles. The van der Waals surface area contributed by atoms with Gasteiger partial charge in [-0.05, 0) is 18.9 Å². The Labute approximate surface area is 80.0 Å². The molecule has 2 rings (SSSR count). The van der Waals surface area contributed by atoms with E-state index in [4.69, 9.17) is 10.5 Å². The molecular formula is C10H20N2O. The van der Waals surface area contributed by atoms with Crippen LogP contribution in [-0.4, -0.2) is 25.4 Å². The molecule has 3 nitrogen and oxygen atoms in total. The first kappa shape index (κ1) is 9.44. The minimum absolute atomic E-state index is 0.0317. The van der Waals surface area contributed by atoms with Gasteiger partial charge in [-0.2, -0.15) is 0 Å². The number of rotatable bonds is 3. The topological polar surface area (TPSA) is 50.6 Å². The Hall–Kier alpha value is -0.120. The summed E-state index contributed by atoms with van der Waals surface area (Å²) in [5.41, 5.74) is 5.71. The van der Waals surface area contributed by atoms with E-state index in [1.54, 1.807) is 0 Å². The van der Waals surface area contributed by atoms with E-state index in [1.165, 1.54) is 25.8 Å². The monoisotopic (exact) mass is 184 g/mol. The first-order chi connectivity index (χ1) is 6.33. The van der Waals surface area contributed by atoms with Crippen LogP contribution in [0.2, 0.25) is 0 Å². The summed E-state index contributed by atoms with van der Waals surface area (Å²) in [6, 6.07) is 0. The molecule has 0 spiro atoms. The molecule has 0 saturated carbocycles. The summed E-state index contributed by atoms with van der Waals surface area (Å²) in [6.07, 6.45) is 4.29. The smallest absolute Gasteiger partial charge is 0.133 e. The lowest BCUT2D eigenvalue weighted by Crippen LogP contribution is -2.40. The largest absolute Gasteiger partial charge is 0.353 e. The fourth-order valence-electron chi connectivity index (χ4n) is 2.53. The van der Waals surface area contributed by atoms with Gasteiger partial charge >= 0.3 is 0 Å². The number of nitrogens with one attached hydrogen (secondary N) is 1. The SMILES string of the molecule is CCCC1CCNCC1C1OC1N. The van der Waals surface area contributed by atoms with E-state index in [-0.39, 0.29) is 6.23 Å². The fraction of sp³-hybridized carbons (Fsp3) is 1.00. The van der Waals surface area contributed by atoms with Crippen LogP contribution < -0.4 is 11.1 Å². The average molecular weight is 184 g/mol. The Morgan fingerprint density at radius 3 is 2.92 bits per heavy atom. The predicted molar refractivity (Wildman–Crippen MR) is 52.2 cm³/mol. The van der Waals surface area contributed by atoms with Crippen LogP contribution in [0.5, 0.6) is 0 Å². The van der Waals surface area contributed by atoms with Gasteiger partial charge in [0, 0.05) is 12.5 Å². The van der Waals surface area contributed by atoms with Gasteiger partial charge in [0.1, 0.15) is 12.3 Å². The highest BCUT2D eigenvalue weighted by atomic mass is 16.6. The molecule has 2 fully saturated rings. The molecule has 76 valence electrons. The molecule has 2 heterocycles. The van der Waals surface area contributed by atoms with Crippen LogP contribution >= 0.6 is 0 Å². The Kier molecular flexibility index (Phi) is 2.86. The third-order valence-corrected chi connectivity index (χ3v) is 3.32. The first-order valence-corrected chi connectivity index (χ1v) is 5.44. The number of nitrogens with two attached hydrogens (primary N) is 1. The van der Waals surface area contributed by atoms with Gasteiger partial charge in [-0.3, -0.25) is 0 Å². The molecule has 2 aliphatic heterocycles. The maximum atomic E-state index is 5.71. The number of ether oxygens (including phenoxy) is 1. The number of hydrogen-bond donors (Lipinski definition) is 2. The standard InChI is InChI=1S/C10H20N2O/c1-2-3-7-4-5-12-6-8(7)9-10(11)13-9/h7-10,12H,2-6,11H2,1H3. The molecule has 0 aromatic rings. The van der Waals surface area contributed by atoms with Crippen LogP contribution in [0.25, 0.3) is 0 Å². The van der Waals surface area contributed by atoms with Crippen molar-refractivity contribution in [1.82, 2.24) is 5.32 Å². The zero-order valence-corrected chi connectivity index (χ0v) is 8.33. The van der Waals surface area contributed by atoms with Gasteiger partial charge < -0.3 is 15.8 Å². The summed E-state index contributed by atoms with van der Waals surface area (Å²) in [5, 5.41) is 3.43. The fourth-order valence-corrected chi connectivity index (χ4v) is 2.53. The molecular weight excluding hydrogens is 164 g/mol. The van der Waals surface area contributed by atoms with Gasteiger partial charge in [0.2, 0.25) is 0 Å². The van der Waals surface area contributed by atoms with E-state index in [1.807, 2.05) is 0 Å². The minimum atomic E-state index is 0.0317. The number of hydrogen-bond acceptors (Lipinski definition) is 3. The van der Waals surface area contributed by atoms with E-state index < -0.39 is 0 Å². The Morgan fingerprint density at radius 1 is 1.54 bits per heavy atom. The van der Waals surface area contributed by atoms with Crippen molar-refractivity contribution in [1.29, 1.82) is 0 Å². The van der Waals surface area contributed by atoms with Gasteiger partial charge in [0.05, 0.1) is 0 Å². The zero-order valence-electron chi connectivity index (χ0n) is 8.33. The highest BCUT2D eigenvalue weighted by Crippen LogP contribution is 2.35. The summed E-state index contributed by atoms with van der Waals surface area (Å²) in [4.78, 5) is 0. The molecule has 3 N–H and O–H groups in total. The van der Waals surface area contributed by atoms with Gasteiger partial charge in [0.25, 0.3) is 0 Å². The van der Waals surface area contributed by atoms with Crippen LogP contribution in [0.15, 0.2) is 0 Å². The Balaban J connectivity index is 1.89. The summed E-state index contributed by atoms with van der Waals surface area (Å²) >= 11 is 0. The van der Waals surface area contributed by atoms with Crippen molar-refractivity contribution in [3.63, 3.8) is 0 Å². The third-order valence-electron chi connectivity index (χ3n) is 3.32. The normalized spacial score (nSPS) is 44.8. The molecule has 0 amide bonds. The number of epoxide rings is 1. The number of piperidine rings is 1. The van der Waals surface area contributed by atoms with Crippen molar-refractivity contribution < 1.29 is 4.74 Å². The maximum Gasteiger partial charge on any atom is 0.133 e.